The van der Waals surface area contributed by atoms with Crippen LogP contribution in [0, 0.1) is 0 Å². The van der Waals surface area contributed by atoms with Crippen LogP contribution in [0.2, 0.25) is 5.02 Å². The van der Waals surface area contributed by atoms with Crippen LogP contribution in [0.1, 0.15) is 25.8 Å². The van der Waals surface area contributed by atoms with Gasteiger partial charge in [-0.2, -0.15) is 0 Å². The van der Waals surface area contributed by atoms with Gasteiger partial charge < -0.3 is 10.1 Å². The molecular formula is C14H22ClNO. The van der Waals surface area contributed by atoms with Gasteiger partial charge in [0.15, 0.2) is 0 Å². The van der Waals surface area contributed by atoms with Crippen LogP contribution >= 0.6 is 11.6 Å². The number of methoxy groups -OCH3 is 1. The normalized spacial score (nSPS) is 14.6. The summed E-state index contributed by atoms with van der Waals surface area (Å²) in [7, 11) is 1.74. The van der Waals surface area contributed by atoms with Crippen LogP contribution < -0.4 is 5.32 Å². The second kappa shape index (κ2) is 7.70. The van der Waals surface area contributed by atoms with Gasteiger partial charge in [-0.15, -0.1) is 0 Å². The average Bonchev–Trinajstić information content (AvgIpc) is 2.29. The molecule has 0 spiro atoms. The molecule has 0 amide bonds. The molecule has 96 valence electrons. The minimum Gasteiger partial charge on any atom is -0.385 e. The van der Waals surface area contributed by atoms with E-state index in [2.05, 4.69) is 25.2 Å². The summed E-state index contributed by atoms with van der Waals surface area (Å²) < 4.78 is 5.07. The standard InChI is InChI=1S/C14H22ClNO/c1-11(8-9-17-3)16-12(2)10-13-6-4-5-7-14(13)15/h4-7,11-12,16H,8-10H2,1-3H3. The highest BCUT2D eigenvalue weighted by atomic mass is 35.5. The van der Waals surface area contributed by atoms with Crippen molar-refractivity contribution in [1.82, 2.24) is 5.32 Å². The van der Waals surface area contributed by atoms with Gasteiger partial charge in [0.2, 0.25) is 0 Å². The first-order valence-electron chi connectivity index (χ1n) is 6.12. The molecule has 0 saturated heterocycles. The lowest BCUT2D eigenvalue weighted by Gasteiger charge is -2.20. The molecule has 0 aromatic heterocycles. The maximum atomic E-state index is 6.14. The van der Waals surface area contributed by atoms with E-state index >= 15 is 0 Å². The summed E-state index contributed by atoms with van der Waals surface area (Å²) in [6, 6.07) is 8.90. The minimum atomic E-state index is 0.418. The fourth-order valence-corrected chi connectivity index (χ4v) is 2.13. The number of benzene rings is 1. The zero-order chi connectivity index (χ0) is 12.7. The summed E-state index contributed by atoms with van der Waals surface area (Å²) in [4.78, 5) is 0. The quantitative estimate of drug-likeness (QED) is 0.807. The van der Waals surface area contributed by atoms with Crippen LogP contribution in [-0.2, 0) is 11.2 Å². The first-order valence-corrected chi connectivity index (χ1v) is 6.49. The van der Waals surface area contributed by atoms with E-state index in [9.17, 15) is 0 Å². The van der Waals surface area contributed by atoms with Crippen molar-refractivity contribution in [2.45, 2.75) is 38.8 Å². The van der Waals surface area contributed by atoms with Gasteiger partial charge in [-0.25, -0.2) is 0 Å². The van der Waals surface area contributed by atoms with Crippen molar-refractivity contribution in [2.24, 2.45) is 0 Å². The zero-order valence-corrected chi connectivity index (χ0v) is 11.6. The molecule has 0 heterocycles. The molecule has 0 fully saturated rings. The summed E-state index contributed by atoms with van der Waals surface area (Å²) in [5.41, 5.74) is 1.20. The second-order valence-corrected chi connectivity index (χ2v) is 4.95. The SMILES string of the molecule is COCCC(C)NC(C)Cc1ccccc1Cl. The smallest absolute Gasteiger partial charge is 0.0476 e. The first kappa shape index (κ1) is 14.5. The van der Waals surface area contributed by atoms with Crippen molar-refractivity contribution in [3.63, 3.8) is 0 Å². The fourth-order valence-electron chi connectivity index (χ4n) is 1.92. The number of nitrogens with one attached hydrogen (secondary N) is 1. The van der Waals surface area contributed by atoms with Crippen LogP contribution in [0.4, 0.5) is 0 Å². The highest BCUT2D eigenvalue weighted by Gasteiger charge is 2.09. The Labute approximate surface area is 109 Å². The van der Waals surface area contributed by atoms with Gasteiger partial charge in [-0.1, -0.05) is 29.8 Å². The van der Waals surface area contributed by atoms with Crippen molar-refractivity contribution in [3.05, 3.63) is 34.9 Å². The molecule has 0 bridgehead atoms. The third kappa shape index (κ3) is 5.53. The number of halogens is 1. The van der Waals surface area contributed by atoms with Crippen LogP contribution in [0.5, 0.6) is 0 Å². The molecule has 0 aliphatic carbocycles. The number of hydrogen-bond acceptors (Lipinski definition) is 2. The number of ether oxygens (including phenoxy) is 1. The van der Waals surface area contributed by atoms with Crippen molar-refractivity contribution in [1.29, 1.82) is 0 Å². The first-order chi connectivity index (χ1) is 8.13. The molecule has 3 heteroatoms. The Morgan fingerprint density at radius 1 is 1.24 bits per heavy atom. The molecule has 17 heavy (non-hydrogen) atoms. The van der Waals surface area contributed by atoms with Gasteiger partial charge in [0, 0.05) is 30.8 Å². The summed E-state index contributed by atoms with van der Waals surface area (Å²) in [6.07, 6.45) is 1.99. The third-order valence-corrected chi connectivity index (χ3v) is 3.18. The largest absolute Gasteiger partial charge is 0.385 e. The summed E-state index contributed by atoms with van der Waals surface area (Å²) in [6.45, 7) is 5.17. The van der Waals surface area contributed by atoms with E-state index in [1.165, 1.54) is 5.56 Å². The van der Waals surface area contributed by atoms with Gasteiger partial charge in [0.25, 0.3) is 0 Å². The van der Waals surface area contributed by atoms with Crippen LogP contribution in [0.15, 0.2) is 24.3 Å². The van der Waals surface area contributed by atoms with Crippen molar-refractivity contribution in [2.75, 3.05) is 13.7 Å². The van der Waals surface area contributed by atoms with Gasteiger partial charge in [0.1, 0.15) is 0 Å². The Morgan fingerprint density at radius 2 is 1.94 bits per heavy atom. The predicted molar refractivity (Wildman–Crippen MR) is 73.7 cm³/mol. The van der Waals surface area contributed by atoms with E-state index in [0.29, 0.717) is 12.1 Å². The third-order valence-electron chi connectivity index (χ3n) is 2.81. The minimum absolute atomic E-state index is 0.418. The van der Waals surface area contributed by atoms with Crippen LogP contribution in [-0.4, -0.2) is 25.8 Å². The van der Waals surface area contributed by atoms with Gasteiger partial charge in [0.05, 0.1) is 0 Å². The van der Waals surface area contributed by atoms with Crippen molar-refractivity contribution in [3.8, 4) is 0 Å². The maximum Gasteiger partial charge on any atom is 0.0476 e. The van der Waals surface area contributed by atoms with Gasteiger partial charge >= 0.3 is 0 Å². The van der Waals surface area contributed by atoms with Crippen molar-refractivity contribution >= 4 is 11.6 Å². The monoisotopic (exact) mass is 255 g/mol. The lowest BCUT2D eigenvalue weighted by Crippen LogP contribution is -2.36. The Kier molecular flexibility index (Phi) is 6.56. The average molecular weight is 256 g/mol. The number of hydrogen-bond donors (Lipinski definition) is 1. The predicted octanol–water partition coefficient (Wildman–Crippen LogP) is 3.29. The Bertz CT molecular complexity index is 330. The molecule has 1 aromatic carbocycles. The molecule has 1 rings (SSSR count). The van der Waals surface area contributed by atoms with E-state index in [1.807, 2.05) is 18.2 Å². The van der Waals surface area contributed by atoms with E-state index in [0.717, 1.165) is 24.5 Å². The van der Waals surface area contributed by atoms with Crippen LogP contribution in [0.3, 0.4) is 0 Å². The highest BCUT2D eigenvalue weighted by molar-refractivity contribution is 6.31. The Hall–Kier alpha value is -0.570. The molecule has 2 atom stereocenters. The molecule has 0 aliphatic heterocycles. The summed E-state index contributed by atoms with van der Waals surface area (Å²) in [5.74, 6) is 0. The number of rotatable bonds is 7. The summed E-state index contributed by atoms with van der Waals surface area (Å²) in [5, 5.41) is 4.40. The Morgan fingerprint density at radius 3 is 2.59 bits per heavy atom. The zero-order valence-electron chi connectivity index (χ0n) is 10.9. The molecule has 2 nitrogen and oxygen atoms in total. The molecule has 1 aromatic rings. The topological polar surface area (TPSA) is 21.3 Å². The second-order valence-electron chi connectivity index (χ2n) is 4.55. The van der Waals surface area contributed by atoms with E-state index in [4.69, 9.17) is 16.3 Å². The van der Waals surface area contributed by atoms with Crippen LogP contribution in [0.25, 0.3) is 0 Å². The fraction of sp³-hybridized carbons (Fsp3) is 0.571. The molecule has 2 unspecified atom stereocenters. The van der Waals surface area contributed by atoms with E-state index < -0.39 is 0 Å². The van der Waals surface area contributed by atoms with Gasteiger partial charge in [-0.3, -0.25) is 0 Å². The molecule has 0 saturated carbocycles. The van der Waals surface area contributed by atoms with Gasteiger partial charge in [-0.05, 0) is 38.3 Å². The lowest BCUT2D eigenvalue weighted by atomic mass is 10.1. The van der Waals surface area contributed by atoms with Crippen molar-refractivity contribution < 1.29 is 4.74 Å². The Balaban J connectivity index is 2.39. The maximum absolute atomic E-state index is 6.14. The molecule has 1 N–H and O–H groups in total. The molecule has 0 radical (unpaired) electrons. The molecule has 0 aliphatic rings. The highest BCUT2D eigenvalue weighted by Crippen LogP contribution is 2.16. The van der Waals surface area contributed by atoms with E-state index in [1.54, 1.807) is 7.11 Å². The van der Waals surface area contributed by atoms with E-state index in [-0.39, 0.29) is 0 Å². The molecular weight excluding hydrogens is 234 g/mol. The lowest BCUT2D eigenvalue weighted by molar-refractivity contribution is 0.183. The summed E-state index contributed by atoms with van der Waals surface area (Å²) >= 11 is 6.14.